The fraction of sp³-hybridized carbons (Fsp3) is 0.769. The van der Waals surface area contributed by atoms with Crippen molar-refractivity contribution in [1.29, 1.82) is 0 Å². The normalized spacial score (nSPS) is 46.8. The van der Waals surface area contributed by atoms with Gasteiger partial charge in [0, 0.05) is 30.3 Å². The second kappa shape index (κ2) is 8.48. The maximum Gasteiger partial charge on any atom is 0.347 e. The second-order valence-electron chi connectivity index (χ2n) is 11.7. The number of fused-ring (bicyclic) bond motifs is 3. The molecule has 3 heterocycles. The van der Waals surface area contributed by atoms with Crippen molar-refractivity contribution >= 4 is 23.9 Å². The summed E-state index contributed by atoms with van der Waals surface area (Å²) in [5.41, 5.74) is -4.08. The molecule has 12 heteroatoms. The van der Waals surface area contributed by atoms with Gasteiger partial charge in [0.15, 0.2) is 0 Å². The molecule has 0 aromatic rings. The standard InChI is InChI=1S/C26H34O12/c1-11(2)7-14(27)36-17(21(31)33-5)19-25-10-35-26(19,22(32)34-6)20(30)16(29)18(25)23(3)9-15(28)38-24(4)12(23)8-13(25)37-24/h7,12-13,16-20,29-30H,8-10H2,1-6H3/t12-,13?,16+,17+,18?,19+,20-,23-,24?,25+,26?/m0/s1. The number of esters is 4. The molecule has 2 aliphatic carbocycles. The van der Waals surface area contributed by atoms with E-state index in [-0.39, 0.29) is 18.9 Å². The van der Waals surface area contributed by atoms with Crippen LogP contribution in [0.3, 0.4) is 0 Å². The average Bonchev–Trinajstić information content (AvgIpc) is 3.33. The smallest absolute Gasteiger partial charge is 0.347 e. The topological polar surface area (TPSA) is 164 Å². The van der Waals surface area contributed by atoms with Crippen LogP contribution in [0.15, 0.2) is 11.6 Å². The van der Waals surface area contributed by atoms with Gasteiger partial charge >= 0.3 is 23.9 Å². The molecule has 1 spiro atoms. The quantitative estimate of drug-likeness (QED) is 0.274. The van der Waals surface area contributed by atoms with Gasteiger partial charge in [-0.3, -0.25) is 4.79 Å². The number of hydrogen-bond acceptors (Lipinski definition) is 12. The summed E-state index contributed by atoms with van der Waals surface area (Å²) in [5, 5.41) is 23.3. The molecule has 5 aliphatic rings. The number of carbonyl (C=O) groups excluding carboxylic acids is 4. The first kappa shape index (κ1) is 27.0. The molecule has 0 aromatic carbocycles. The molecule has 2 saturated carbocycles. The Morgan fingerprint density at radius 1 is 1.13 bits per heavy atom. The van der Waals surface area contributed by atoms with Crippen molar-refractivity contribution in [3.05, 3.63) is 11.6 Å². The Balaban J connectivity index is 1.77. The van der Waals surface area contributed by atoms with Gasteiger partial charge in [-0.05, 0) is 25.7 Å². The van der Waals surface area contributed by atoms with Crippen LogP contribution >= 0.6 is 0 Å². The summed E-state index contributed by atoms with van der Waals surface area (Å²) in [7, 11) is 2.19. The molecule has 0 aromatic heterocycles. The highest BCUT2D eigenvalue weighted by Gasteiger charge is 2.86. The largest absolute Gasteiger partial charge is 0.467 e. The van der Waals surface area contributed by atoms with Crippen LogP contribution in [-0.2, 0) is 47.6 Å². The lowest BCUT2D eigenvalue weighted by molar-refractivity contribution is -0.261. The maximum atomic E-state index is 13.4. The Kier molecular flexibility index (Phi) is 6.03. The third-order valence-electron chi connectivity index (χ3n) is 9.58. The van der Waals surface area contributed by atoms with Crippen molar-refractivity contribution in [1.82, 2.24) is 0 Å². The average molecular weight is 539 g/mol. The molecule has 38 heavy (non-hydrogen) atoms. The van der Waals surface area contributed by atoms with E-state index >= 15 is 0 Å². The molecule has 2 N–H and O–H groups in total. The molecular weight excluding hydrogens is 504 g/mol. The number of ether oxygens (including phenoxy) is 6. The van der Waals surface area contributed by atoms with Gasteiger partial charge in [0.2, 0.25) is 17.5 Å². The predicted molar refractivity (Wildman–Crippen MR) is 124 cm³/mol. The second-order valence-corrected chi connectivity index (χ2v) is 11.7. The number of hydrogen-bond donors (Lipinski definition) is 2. The maximum absolute atomic E-state index is 13.4. The van der Waals surface area contributed by atoms with E-state index < -0.39 is 82.3 Å². The molecular formula is C26H34O12. The molecule has 11 atom stereocenters. The molecule has 4 unspecified atom stereocenters. The monoisotopic (exact) mass is 538 g/mol. The van der Waals surface area contributed by atoms with Gasteiger partial charge in [0.1, 0.15) is 6.10 Å². The van der Waals surface area contributed by atoms with E-state index in [2.05, 4.69) is 0 Å². The Morgan fingerprint density at radius 2 is 1.82 bits per heavy atom. The molecule has 3 saturated heterocycles. The third kappa shape index (κ3) is 3.17. The van der Waals surface area contributed by atoms with E-state index in [9.17, 15) is 29.4 Å². The van der Waals surface area contributed by atoms with E-state index in [4.69, 9.17) is 28.4 Å². The summed E-state index contributed by atoms with van der Waals surface area (Å²) in [6, 6.07) is 0. The minimum Gasteiger partial charge on any atom is -0.467 e. The van der Waals surface area contributed by atoms with Gasteiger partial charge in [0.05, 0.1) is 45.4 Å². The summed E-state index contributed by atoms with van der Waals surface area (Å²) in [4.78, 5) is 52.4. The van der Waals surface area contributed by atoms with Gasteiger partial charge in [-0.25, -0.2) is 14.4 Å². The van der Waals surface area contributed by atoms with Gasteiger partial charge < -0.3 is 38.6 Å². The Bertz CT molecular complexity index is 1110. The van der Waals surface area contributed by atoms with E-state index in [1.165, 1.54) is 6.08 Å². The van der Waals surface area contributed by atoms with E-state index in [0.717, 1.165) is 14.2 Å². The first-order valence-electron chi connectivity index (χ1n) is 12.6. The van der Waals surface area contributed by atoms with Crippen molar-refractivity contribution in [3.8, 4) is 0 Å². The predicted octanol–water partition coefficient (Wildman–Crippen LogP) is 0.0217. The molecule has 0 radical (unpaired) electrons. The van der Waals surface area contributed by atoms with Gasteiger partial charge in [-0.2, -0.15) is 0 Å². The first-order valence-corrected chi connectivity index (χ1v) is 12.6. The number of methoxy groups -OCH3 is 2. The first-order chi connectivity index (χ1) is 17.7. The molecule has 5 rings (SSSR count). The van der Waals surface area contributed by atoms with Crippen molar-refractivity contribution in [2.45, 2.75) is 76.3 Å². The lowest BCUT2D eigenvalue weighted by atomic mass is 9.40. The summed E-state index contributed by atoms with van der Waals surface area (Å²) < 4.78 is 33.9. The van der Waals surface area contributed by atoms with Crippen LogP contribution in [0.5, 0.6) is 0 Å². The zero-order chi connectivity index (χ0) is 28.0. The summed E-state index contributed by atoms with van der Waals surface area (Å²) >= 11 is 0. The molecule has 3 aliphatic heterocycles. The van der Waals surface area contributed by atoms with Crippen LogP contribution in [-0.4, -0.2) is 90.7 Å². The number of rotatable bonds is 5. The van der Waals surface area contributed by atoms with Crippen LogP contribution in [0.2, 0.25) is 0 Å². The van der Waals surface area contributed by atoms with Crippen molar-refractivity contribution < 1.29 is 57.8 Å². The molecule has 0 amide bonds. The zero-order valence-corrected chi connectivity index (χ0v) is 22.2. The Labute approximate surface area is 219 Å². The molecule has 5 fully saturated rings. The fourth-order valence-electron chi connectivity index (χ4n) is 8.52. The third-order valence-corrected chi connectivity index (χ3v) is 9.58. The summed E-state index contributed by atoms with van der Waals surface area (Å²) in [6.45, 7) is 6.54. The van der Waals surface area contributed by atoms with Crippen LogP contribution in [0.1, 0.15) is 40.5 Å². The van der Waals surface area contributed by atoms with Crippen LogP contribution < -0.4 is 0 Å². The van der Waals surface area contributed by atoms with Crippen LogP contribution in [0.25, 0.3) is 0 Å². The molecule has 4 bridgehead atoms. The minimum atomic E-state index is -2.30. The molecule has 12 nitrogen and oxygen atoms in total. The number of carbonyl (C=O) groups is 4. The lowest BCUT2D eigenvalue weighted by Gasteiger charge is -2.63. The number of aliphatic hydroxyl groups is 2. The van der Waals surface area contributed by atoms with E-state index in [1.807, 2.05) is 6.92 Å². The van der Waals surface area contributed by atoms with Crippen molar-refractivity contribution in [2.75, 3.05) is 20.8 Å². The SMILES string of the molecule is COC(=O)[C@H](OC(=O)C=C(C)C)[C@H]1C2(C(=O)OC)OC[C@]13C1C[C@@H]4C(C)(OC(=O)C[C@]4(C)C3[C@@H](O)[C@@H]2O)O1. The van der Waals surface area contributed by atoms with Crippen molar-refractivity contribution in [3.63, 3.8) is 0 Å². The van der Waals surface area contributed by atoms with E-state index in [1.54, 1.807) is 20.8 Å². The number of aliphatic hydroxyl groups excluding tert-OH is 2. The number of allylic oxidation sites excluding steroid dienone is 1. The summed E-state index contributed by atoms with van der Waals surface area (Å²) in [6.07, 6.45) is -4.58. The van der Waals surface area contributed by atoms with Crippen LogP contribution in [0, 0.1) is 28.6 Å². The highest BCUT2D eigenvalue weighted by molar-refractivity contribution is 5.89. The van der Waals surface area contributed by atoms with Gasteiger partial charge in [-0.1, -0.05) is 12.5 Å². The van der Waals surface area contributed by atoms with Crippen molar-refractivity contribution in [2.24, 2.45) is 28.6 Å². The van der Waals surface area contributed by atoms with Gasteiger partial charge in [-0.15, -0.1) is 0 Å². The highest BCUT2D eigenvalue weighted by atomic mass is 16.7. The van der Waals surface area contributed by atoms with E-state index in [0.29, 0.717) is 12.0 Å². The van der Waals surface area contributed by atoms with Crippen LogP contribution in [0.4, 0.5) is 0 Å². The fourth-order valence-corrected chi connectivity index (χ4v) is 8.52. The Hall–Kier alpha value is -2.54. The Morgan fingerprint density at radius 3 is 2.42 bits per heavy atom. The molecule has 210 valence electrons. The minimum absolute atomic E-state index is 0.0993. The zero-order valence-electron chi connectivity index (χ0n) is 22.2. The lowest BCUT2D eigenvalue weighted by Crippen LogP contribution is -2.76. The van der Waals surface area contributed by atoms with Gasteiger partial charge in [0.25, 0.3) is 0 Å². The highest BCUT2D eigenvalue weighted by Crippen LogP contribution is 2.75. The summed E-state index contributed by atoms with van der Waals surface area (Å²) in [5.74, 6) is -7.45.